The first-order valence-electron chi connectivity index (χ1n) is 9.60. The number of Topliss-reactive ketones (excluding diaryl/α,β-unsaturated/α-hetero) is 1. The number of allylic oxidation sites excluding steroid dienone is 1. The third-order valence-electron chi connectivity index (χ3n) is 5.81. The monoisotopic (exact) mass is 372 g/mol. The Morgan fingerprint density at radius 2 is 1.89 bits per heavy atom. The molecule has 4 heteroatoms. The molecule has 1 N–H and O–H groups in total. The van der Waals surface area contributed by atoms with Gasteiger partial charge in [-0.15, -0.1) is 0 Å². The number of halogens is 1. The van der Waals surface area contributed by atoms with Crippen molar-refractivity contribution in [3.8, 4) is 0 Å². The molecule has 3 aromatic rings. The van der Waals surface area contributed by atoms with Gasteiger partial charge in [-0.3, -0.25) is 9.78 Å². The van der Waals surface area contributed by atoms with Crippen molar-refractivity contribution in [2.75, 3.05) is 5.32 Å². The van der Waals surface area contributed by atoms with E-state index in [9.17, 15) is 9.18 Å². The van der Waals surface area contributed by atoms with E-state index in [0.717, 1.165) is 34.1 Å². The second-order valence-electron chi connectivity index (χ2n) is 8.49. The topological polar surface area (TPSA) is 42.0 Å². The number of fused-ring (bicyclic) bond motifs is 4. The van der Waals surface area contributed by atoms with E-state index in [1.165, 1.54) is 6.07 Å². The second-order valence-corrected chi connectivity index (χ2v) is 8.49. The number of benzene rings is 2. The zero-order chi connectivity index (χ0) is 19.5. The molecule has 2 heterocycles. The lowest BCUT2D eigenvalue weighted by Crippen LogP contribution is -2.33. The molecule has 0 spiro atoms. The lowest BCUT2D eigenvalue weighted by Gasteiger charge is -2.40. The lowest BCUT2D eigenvalue weighted by atomic mass is 9.68. The molecule has 0 amide bonds. The Morgan fingerprint density at radius 1 is 1.07 bits per heavy atom. The van der Waals surface area contributed by atoms with E-state index in [0.29, 0.717) is 17.6 Å². The number of carbonyl (C=O) groups is 1. The minimum Gasteiger partial charge on any atom is -0.373 e. The molecule has 2 aromatic carbocycles. The Hall–Kier alpha value is -3.01. The number of rotatable bonds is 1. The molecule has 1 aromatic heterocycles. The van der Waals surface area contributed by atoms with E-state index >= 15 is 0 Å². The number of carbonyl (C=O) groups excluding carboxylic acids is 1. The first-order chi connectivity index (χ1) is 13.4. The minimum absolute atomic E-state index is 0.0959. The Kier molecular flexibility index (Phi) is 3.66. The highest BCUT2D eigenvalue weighted by Gasteiger charge is 2.41. The van der Waals surface area contributed by atoms with Gasteiger partial charge < -0.3 is 5.32 Å². The van der Waals surface area contributed by atoms with Gasteiger partial charge in [-0.05, 0) is 41.7 Å². The summed E-state index contributed by atoms with van der Waals surface area (Å²) in [4.78, 5) is 17.7. The van der Waals surface area contributed by atoms with E-state index < -0.39 is 6.04 Å². The second kappa shape index (κ2) is 5.99. The van der Waals surface area contributed by atoms with Crippen LogP contribution >= 0.6 is 0 Å². The van der Waals surface area contributed by atoms with Crippen molar-refractivity contribution >= 4 is 27.9 Å². The molecule has 1 atom stereocenters. The summed E-state index contributed by atoms with van der Waals surface area (Å²) in [5.41, 5.74) is 4.98. The number of anilines is 1. The number of aromatic nitrogens is 1. The van der Waals surface area contributed by atoms with E-state index in [4.69, 9.17) is 0 Å². The number of nitrogens with zero attached hydrogens (tertiary/aromatic N) is 1. The van der Waals surface area contributed by atoms with E-state index in [1.807, 2.05) is 30.3 Å². The van der Waals surface area contributed by atoms with Gasteiger partial charge in [0.25, 0.3) is 0 Å². The van der Waals surface area contributed by atoms with Crippen molar-refractivity contribution in [2.24, 2.45) is 5.41 Å². The molecule has 0 saturated carbocycles. The summed E-state index contributed by atoms with van der Waals surface area (Å²) in [6.07, 6.45) is 3.02. The largest absolute Gasteiger partial charge is 0.373 e. The van der Waals surface area contributed by atoms with Gasteiger partial charge in [-0.1, -0.05) is 38.1 Å². The summed E-state index contributed by atoms with van der Waals surface area (Å²) in [5.74, 6) is -0.200. The lowest BCUT2D eigenvalue weighted by molar-refractivity contribution is -0.118. The van der Waals surface area contributed by atoms with Gasteiger partial charge in [0.15, 0.2) is 5.78 Å². The SMILES string of the molecule is CC1(C)CC(=O)C2=C(C1)c1c(ccc3ncccc13)N[C@@H]2c1ccccc1F. The van der Waals surface area contributed by atoms with Gasteiger partial charge in [0.05, 0.1) is 11.6 Å². The molecule has 2 aliphatic rings. The first-order valence-corrected chi connectivity index (χ1v) is 9.60. The van der Waals surface area contributed by atoms with Crippen molar-refractivity contribution in [1.82, 2.24) is 4.98 Å². The molecule has 0 radical (unpaired) electrons. The van der Waals surface area contributed by atoms with Crippen LogP contribution in [0.4, 0.5) is 10.1 Å². The van der Waals surface area contributed by atoms with Crippen molar-refractivity contribution in [2.45, 2.75) is 32.7 Å². The first kappa shape index (κ1) is 17.1. The molecule has 1 aliphatic heterocycles. The number of ketones is 1. The van der Waals surface area contributed by atoms with Crippen molar-refractivity contribution in [1.29, 1.82) is 0 Å². The van der Waals surface area contributed by atoms with Crippen LogP contribution in [0.2, 0.25) is 0 Å². The van der Waals surface area contributed by atoms with Gasteiger partial charge in [-0.25, -0.2) is 4.39 Å². The van der Waals surface area contributed by atoms with Crippen LogP contribution in [0.3, 0.4) is 0 Å². The standard InChI is InChI=1S/C24H21FN2O/c1-24(2)12-16-21-15-7-5-11-26-18(15)9-10-19(21)27-23(22(16)20(28)13-24)14-6-3-4-8-17(14)25/h3-11,23,27H,12-13H2,1-2H3/t23-/m1/s1. The quantitative estimate of drug-likeness (QED) is 0.597. The van der Waals surface area contributed by atoms with E-state index in [-0.39, 0.29) is 17.0 Å². The average molecular weight is 372 g/mol. The smallest absolute Gasteiger partial charge is 0.162 e. The fraction of sp³-hybridized carbons (Fsp3) is 0.250. The minimum atomic E-state index is -0.471. The number of hydrogen-bond acceptors (Lipinski definition) is 3. The molecule has 0 unspecified atom stereocenters. The van der Waals surface area contributed by atoms with Crippen LogP contribution in [0.5, 0.6) is 0 Å². The molecular formula is C24H21FN2O. The summed E-state index contributed by atoms with van der Waals surface area (Å²) < 4.78 is 14.7. The molecular weight excluding hydrogens is 351 g/mol. The van der Waals surface area contributed by atoms with E-state index in [2.05, 4.69) is 24.1 Å². The van der Waals surface area contributed by atoms with Crippen LogP contribution in [-0.2, 0) is 4.79 Å². The molecule has 3 nitrogen and oxygen atoms in total. The average Bonchev–Trinajstić information content (AvgIpc) is 2.66. The molecule has 28 heavy (non-hydrogen) atoms. The predicted octanol–water partition coefficient (Wildman–Crippen LogP) is 5.68. The molecule has 1 aliphatic carbocycles. The zero-order valence-electron chi connectivity index (χ0n) is 15.9. The van der Waals surface area contributed by atoms with Gasteiger partial charge in [0.2, 0.25) is 0 Å². The van der Waals surface area contributed by atoms with Crippen LogP contribution in [0.1, 0.15) is 43.9 Å². The Balaban J connectivity index is 1.83. The van der Waals surface area contributed by atoms with Crippen LogP contribution < -0.4 is 5.32 Å². The summed E-state index contributed by atoms with van der Waals surface area (Å²) in [6.45, 7) is 4.25. The highest BCUT2D eigenvalue weighted by molar-refractivity contribution is 6.12. The number of pyridine rings is 1. The third-order valence-corrected chi connectivity index (χ3v) is 5.81. The van der Waals surface area contributed by atoms with Crippen LogP contribution in [0.25, 0.3) is 16.5 Å². The highest BCUT2D eigenvalue weighted by atomic mass is 19.1. The van der Waals surface area contributed by atoms with Gasteiger partial charge in [-0.2, -0.15) is 0 Å². The molecule has 0 saturated heterocycles. The van der Waals surface area contributed by atoms with Gasteiger partial charge in [0.1, 0.15) is 5.82 Å². The molecule has 5 rings (SSSR count). The summed E-state index contributed by atoms with van der Waals surface area (Å²) in [5, 5.41) is 4.48. The normalized spacial score (nSPS) is 20.5. The number of hydrogen-bond donors (Lipinski definition) is 1. The fourth-order valence-corrected chi connectivity index (χ4v) is 4.66. The predicted molar refractivity (Wildman–Crippen MR) is 109 cm³/mol. The van der Waals surface area contributed by atoms with Crippen molar-refractivity contribution < 1.29 is 9.18 Å². The van der Waals surface area contributed by atoms with Gasteiger partial charge >= 0.3 is 0 Å². The Labute approximate surface area is 163 Å². The van der Waals surface area contributed by atoms with Gasteiger partial charge in [0, 0.05) is 40.4 Å². The van der Waals surface area contributed by atoms with Crippen molar-refractivity contribution in [3.05, 3.63) is 77.2 Å². The Morgan fingerprint density at radius 3 is 2.71 bits per heavy atom. The summed E-state index contributed by atoms with van der Waals surface area (Å²) in [7, 11) is 0. The third kappa shape index (κ3) is 2.55. The molecule has 0 bridgehead atoms. The number of nitrogens with one attached hydrogen (secondary N) is 1. The van der Waals surface area contributed by atoms with Crippen molar-refractivity contribution in [3.63, 3.8) is 0 Å². The molecule has 140 valence electrons. The maximum absolute atomic E-state index is 14.7. The van der Waals surface area contributed by atoms with Crippen LogP contribution in [-0.4, -0.2) is 10.8 Å². The fourth-order valence-electron chi connectivity index (χ4n) is 4.66. The Bertz CT molecular complexity index is 1160. The zero-order valence-corrected chi connectivity index (χ0v) is 15.9. The summed E-state index contributed by atoms with van der Waals surface area (Å²) >= 11 is 0. The maximum Gasteiger partial charge on any atom is 0.162 e. The maximum atomic E-state index is 14.7. The van der Waals surface area contributed by atoms with Crippen LogP contribution in [0.15, 0.2) is 60.3 Å². The highest BCUT2D eigenvalue weighted by Crippen LogP contribution is 2.52. The van der Waals surface area contributed by atoms with Crippen LogP contribution in [0, 0.1) is 11.2 Å². The summed E-state index contributed by atoms with van der Waals surface area (Å²) in [6, 6.07) is 14.2. The van der Waals surface area contributed by atoms with E-state index in [1.54, 1.807) is 18.3 Å². The molecule has 0 fully saturated rings.